The van der Waals surface area contributed by atoms with Gasteiger partial charge in [-0.15, -0.1) is 0 Å². The molecule has 16 heteroatoms. The molecule has 7 nitrogen and oxygen atoms in total. The van der Waals surface area contributed by atoms with Gasteiger partial charge in [0.05, 0.1) is 17.6 Å². The van der Waals surface area contributed by atoms with E-state index in [1.807, 2.05) is 0 Å². The number of ether oxygens (including phenoxy) is 2. The fourth-order valence-corrected chi connectivity index (χ4v) is 2.80. The minimum atomic E-state index is -5.95. The summed E-state index contributed by atoms with van der Waals surface area (Å²) in [7, 11) is 0. The Kier molecular flexibility index (Phi) is 7.92. The molecule has 0 spiro atoms. The van der Waals surface area contributed by atoms with Crippen molar-refractivity contribution in [3.8, 4) is 17.3 Å². The summed E-state index contributed by atoms with van der Waals surface area (Å²) in [6, 6.07) is 6.47. The summed E-state index contributed by atoms with van der Waals surface area (Å²) in [6.07, 6.45) is -8.59. The average molecular weight is 555 g/mol. The Morgan fingerprint density at radius 1 is 0.947 bits per heavy atom. The maximum Gasteiger partial charge on any atom is 0.456 e. The number of nitrogens with one attached hydrogen (secondary N) is 1. The van der Waals surface area contributed by atoms with Crippen LogP contribution < -0.4 is 20.3 Å². The van der Waals surface area contributed by atoms with Crippen molar-refractivity contribution in [2.75, 3.05) is 18.5 Å². The van der Waals surface area contributed by atoms with Crippen molar-refractivity contribution >= 4 is 11.6 Å². The first kappa shape index (κ1) is 28.3. The number of anilines is 1. The van der Waals surface area contributed by atoms with Crippen LogP contribution >= 0.6 is 0 Å². The Bertz CT molecular complexity index is 1350. The van der Waals surface area contributed by atoms with E-state index in [9.17, 15) is 49.1 Å². The van der Waals surface area contributed by atoms with Crippen molar-refractivity contribution in [3.63, 3.8) is 0 Å². The zero-order valence-electron chi connectivity index (χ0n) is 18.5. The molecule has 3 rings (SSSR count). The molecule has 0 aliphatic rings. The van der Waals surface area contributed by atoms with Gasteiger partial charge in [-0.25, -0.2) is 9.37 Å². The zero-order valence-corrected chi connectivity index (χ0v) is 18.5. The minimum Gasteiger partial charge on any atom is -0.485 e. The van der Waals surface area contributed by atoms with Crippen LogP contribution in [0.5, 0.6) is 11.6 Å². The Morgan fingerprint density at radius 2 is 1.66 bits per heavy atom. The van der Waals surface area contributed by atoms with Gasteiger partial charge < -0.3 is 14.8 Å². The lowest BCUT2D eigenvalue weighted by Crippen LogP contribution is -2.42. The van der Waals surface area contributed by atoms with E-state index >= 15 is 0 Å². The van der Waals surface area contributed by atoms with Crippen molar-refractivity contribution in [1.29, 1.82) is 0 Å². The first-order chi connectivity index (χ1) is 17.6. The van der Waals surface area contributed by atoms with Crippen molar-refractivity contribution in [2.24, 2.45) is 0 Å². The number of rotatable bonds is 8. The topological polar surface area (TPSA) is 82.4 Å². The predicted octanol–water partition coefficient (Wildman–Crippen LogP) is 5.14. The number of nitrogens with zero attached hydrogens (tertiary/aromatic N) is 2. The highest BCUT2D eigenvalue weighted by molar-refractivity contribution is 6.03. The second kappa shape index (κ2) is 10.6. The van der Waals surface area contributed by atoms with Crippen LogP contribution in [0.15, 0.2) is 59.7 Å². The quantitative estimate of drug-likeness (QED) is 0.390. The van der Waals surface area contributed by atoms with Gasteiger partial charge in [-0.05, 0) is 30.3 Å². The van der Waals surface area contributed by atoms with E-state index in [4.69, 9.17) is 0 Å². The summed E-state index contributed by atoms with van der Waals surface area (Å²) in [4.78, 5) is 29.1. The van der Waals surface area contributed by atoms with Crippen LogP contribution in [-0.2, 0) is 0 Å². The smallest absolute Gasteiger partial charge is 0.456 e. The molecular formula is C22H14F9N3O4. The van der Waals surface area contributed by atoms with Crippen molar-refractivity contribution in [3.05, 3.63) is 76.6 Å². The van der Waals surface area contributed by atoms with Gasteiger partial charge in [0.25, 0.3) is 11.5 Å². The first-order valence-electron chi connectivity index (χ1n) is 10.1. The molecule has 1 N–H and O–H groups in total. The molecule has 0 saturated heterocycles. The van der Waals surface area contributed by atoms with Gasteiger partial charge in [0.15, 0.2) is 13.2 Å². The Hall–Kier alpha value is -4.24. The van der Waals surface area contributed by atoms with Gasteiger partial charge in [0.1, 0.15) is 17.1 Å². The molecule has 2 heterocycles. The highest BCUT2D eigenvalue weighted by Crippen LogP contribution is 2.36. The largest absolute Gasteiger partial charge is 0.485 e. The molecule has 0 radical (unpaired) electrons. The number of pyridine rings is 2. The third-order valence-corrected chi connectivity index (χ3v) is 4.57. The van der Waals surface area contributed by atoms with Crippen LogP contribution in [0, 0.1) is 5.82 Å². The van der Waals surface area contributed by atoms with Crippen LogP contribution in [-0.4, -0.2) is 46.9 Å². The number of hydrogen-bond acceptors (Lipinski definition) is 5. The van der Waals surface area contributed by atoms with Gasteiger partial charge in [-0.2, -0.15) is 35.1 Å². The number of alkyl halides is 8. The number of carbonyl (C=O) groups excluding carboxylic acids is 1. The molecule has 204 valence electrons. The molecule has 1 amide bonds. The number of halogens is 9. The molecule has 0 aliphatic carbocycles. The summed E-state index contributed by atoms with van der Waals surface area (Å²) in [5.41, 5.74) is -2.15. The third-order valence-electron chi connectivity index (χ3n) is 4.57. The predicted molar refractivity (Wildman–Crippen MR) is 112 cm³/mol. The van der Waals surface area contributed by atoms with Crippen molar-refractivity contribution < 1.29 is 53.8 Å². The van der Waals surface area contributed by atoms with Crippen LogP contribution in [0.4, 0.5) is 45.2 Å². The normalized spacial score (nSPS) is 12.2. The minimum absolute atomic E-state index is 0.0515. The number of aromatic nitrogens is 2. The number of benzene rings is 1. The van der Waals surface area contributed by atoms with Crippen molar-refractivity contribution in [1.82, 2.24) is 9.55 Å². The highest BCUT2D eigenvalue weighted by atomic mass is 19.4. The first-order valence-corrected chi connectivity index (χ1v) is 10.1. The van der Waals surface area contributed by atoms with E-state index in [1.165, 1.54) is 0 Å². The molecule has 0 atom stereocenters. The Morgan fingerprint density at radius 3 is 2.26 bits per heavy atom. The molecule has 0 saturated carbocycles. The summed E-state index contributed by atoms with van der Waals surface area (Å²) in [5, 5.41) is 2.25. The van der Waals surface area contributed by atoms with Gasteiger partial charge in [-0.3, -0.25) is 14.2 Å². The SMILES string of the molecule is O=C(Nc1ccc(OCC(F)(F)F)nc1)c1cccn(-c2ccc(F)cc2OCC(F)(F)C(F)(F)F)c1=O. The fraction of sp³-hybridized carbons (Fsp3) is 0.227. The molecule has 0 aliphatic heterocycles. The van der Waals surface area contributed by atoms with E-state index in [0.717, 1.165) is 48.8 Å². The van der Waals surface area contributed by atoms with Crippen LogP contribution in [0.3, 0.4) is 0 Å². The lowest BCUT2D eigenvalue weighted by Gasteiger charge is -2.21. The van der Waals surface area contributed by atoms with Crippen LogP contribution in [0.2, 0.25) is 0 Å². The monoisotopic (exact) mass is 555 g/mol. The molecule has 0 unspecified atom stereocenters. The second-order valence-corrected chi connectivity index (χ2v) is 7.44. The molecule has 0 fully saturated rings. The van der Waals surface area contributed by atoms with E-state index in [1.54, 1.807) is 0 Å². The maximum absolute atomic E-state index is 13.7. The number of carbonyl (C=O) groups is 1. The second-order valence-electron chi connectivity index (χ2n) is 7.44. The standard InChI is InChI=1S/C22H14F9N3O4/c23-12-3-5-15(16(8-12)37-10-20(24,25)22(29,30)31)34-7-1-2-14(19(34)36)18(35)33-13-4-6-17(32-9-13)38-11-21(26,27)28/h1-9H,10-11H2,(H,33,35). The summed E-state index contributed by atoms with van der Waals surface area (Å²) >= 11 is 0. The third kappa shape index (κ3) is 6.95. The maximum atomic E-state index is 13.7. The molecule has 1 aromatic carbocycles. The summed E-state index contributed by atoms with van der Waals surface area (Å²) < 4.78 is 124. The number of amides is 1. The average Bonchev–Trinajstić information content (AvgIpc) is 2.81. The van der Waals surface area contributed by atoms with Crippen LogP contribution in [0.1, 0.15) is 10.4 Å². The lowest BCUT2D eigenvalue weighted by atomic mass is 10.2. The van der Waals surface area contributed by atoms with E-state index in [-0.39, 0.29) is 5.69 Å². The van der Waals surface area contributed by atoms with E-state index < -0.39 is 71.7 Å². The Labute approximate surface area is 206 Å². The van der Waals surface area contributed by atoms with Crippen molar-refractivity contribution in [2.45, 2.75) is 18.3 Å². The number of hydrogen-bond donors (Lipinski definition) is 1. The van der Waals surface area contributed by atoms with E-state index in [2.05, 4.69) is 19.8 Å². The van der Waals surface area contributed by atoms with Gasteiger partial charge in [0.2, 0.25) is 5.88 Å². The van der Waals surface area contributed by atoms with Gasteiger partial charge in [-0.1, -0.05) is 0 Å². The molecule has 3 aromatic rings. The van der Waals surface area contributed by atoms with E-state index in [0.29, 0.717) is 10.6 Å². The zero-order chi connectivity index (χ0) is 28.3. The molecule has 2 aromatic heterocycles. The van der Waals surface area contributed by atoms with Gasteiger partial charge in [0, 0.05) is 18.3 Å². The lowest BCUT2D eigenvalue weighted by molar-refractivity contribution is -0.290. The van der Waals surface area contributed by atoms with Crippen LogP contribution in [0.25, 0.3) is 5.69 Å². The molecule has 0 bridgehead atoms. The Balaban J connectivity index is 1.84. The fourth-order valence-electron chi connectivity index (χ4n) is 2.80. The summed E-state index contributed by atoms with van der Waals surface area (Å²) in [6.45, 7) is -3.81. The highest BCUT2D eigenvalue weighted by Gasteiger charge is 2.58. The molecular weight excluding hydrogens is 541 g/mol. The summed E-state index contributed by atoms with van der Waals surface area (Å²) in [5.74, 6) is -8.64. The van der Waals surface area contributed by atoms with Gasteiger partial charge >= 0.3 is 18.3 Å². The molecule has 38 heavy (non-hydrogen) atoms.